The van der Waals surface area contributed by atoms with Gasteiger partial charge in [0.2, 0.25) is 0 Å². The lowest BCUT2D eigenvalue weighted by molar-refractivity contribution is -0.142. The van der Waals surface area contributed by atoms with Crippen LogP contribution in [0.5, 0.6) is 0 Å². The predicted molar refractivity (Wildman–Crippen MR) is 74.5 cm³/mol. The summed E-state index contributed by atoms with van der Waals surface area (Å²) in [6, 6.07) is 0. The third kappa shape index (κ3) is 46.2. The van der Waals surface area contributed by atoms with Crippen molar-refractivity contribution in [3.05, 3.63) is 12.7 Å². The van der Waals surface area contributed by atoms with Gasteiger partial charge in [-0.1, -0.05) is 19.9 Å². The largest absolute Gasteiger partial charge is 0.463 e. The van der Waals surface area contributed by atoms with Crippen molar-refractivity contribution in [1.29, 1.82) is 0 Å². The van der Waals surface area contributed by atoms with Crippen molar-refractivity contribution in [2.75, 3.05) is 20.3 Å². The van der Waals surface area contributed by atoms with Crippen LogP contribution in [0.4, 0.5) is 0 Å². The Morgan fingerprint density at radius 3 is 1.83 bits per heavy atom. The zero-order chi connectivity index (χ0) is 15.0. The summed E-state index contributed by atoms with van der Waals surface area (Å²) < 4.78 is 9.13. The van der Waals surface area contributed by atoms with E-state index in [-0.39, 0.29) is 11.8 Å². The van der Waals surface area contributed by atoms with Crippen LogP contribution in [0, 0.1) is 5.92 Å². The monoisotopic (exact) mass is 260 g/mol. The van der Waals surface area contributed by atoms with Crippen molar-refractivity contribution in [1.82, 2.24) is 0 Å². The number of esters is 1. The number of rotatable bonds is 5. The Kier molecular flexibility index (Phi) is 22.3. The molecule has 0 rings (SSSR count). The van der Waals surface area contributed by atoms with Crippen LogP contribution in [0.15, 0.2) is 12.7 Å². The van der Waals surface area contributed by atoms with Gasteiger partial charge in [-0.15, -0.1) is 6.58 Å². The number of methoxy groups -OCH3 is 1. The first kappa shape index (κ1) is 22.1. The lowest BCUT2D eigenvalue weighted by Crippen LogP contribution is -2.05. The quantitative estimate of drug-likeness (QED) is 0.433. The number of ketones is 1. The molecule has 18 heavy (non-hydrogen) atoms. The summed E-state index contributed by atoms with van der Waals surface area (Å²) in [5, 5.41) is 0. The molecule has 0 saturated heterocycles. The molecule has 0 amide bonds. The Morgan fingerprint density at radius 1 is 1.22 bits per heavy atom. The highest BCUT2D eigenvalue weighted by Gasteiger charge is 1.95. The second-order valence-corrected chi connectivity index (χ2v) is 4.04. The standard InChI is InChI=1S/C6H12O.C5H10O3.C3H6/c1-5(2)4-6(3)7;1-5(6)8-4-3-7-2;1-3-2/h5H,4H2,1-3H3;3-4H2,1-2H3;3H,1H2,2H3. The van der Waals surface area contributed by atoms with E-state index in [0.717, 1.165) is 6.42 Å². The first-order valence-corrected chi connectivity index (χ1v) is 6.00. The molecule has 0 aromatic carbocycles. The first-order chi connectivity index (χ1) is 8.31. The van der Waals surface area contributed by atoms with Crippen molar-refractivity contribution in [3.8, 4) is 0 Å². The number of hydrogen-bond acceptors (Lipinski definition) is 4. The average Bonchev–Trinajstić information content (AvgIpc) is 2.17. The van der Waals surface area contributed by atoms with Crippen molar-refractivity contribution in [3.63, 3.8) is 0 Å². The van der Waals surface area contributed by atoms with Gasteiger partial charge in [0.15, 0.2) is 0 Å². The molecule has 0 radical (unpaired) electrons. The van der Waals surface area contributed by atoms with Crippen LogP contribution >= 0.6 is 0 Å². The van der Waals surface area contributed by atoms with Crippen LogP contribution in [0.2, 0.25) is 0 Å². The Bertz CT molecular complexity index is 210. The molecular formula is C14H28O4. The van der Waals surface area contributed by atoms with E-state index in [2.05, 4.69) is 16.1 Å². The highest BCUT2D eigenvalue weighted by molar-refractivity contribution is 5.75. The van der Waals surface area contributed by atoms with Crippen LogP contribution < -0.4 is 0 Å². The number of hydrogen-bond donors (Lipinski definition) is 0. The van der Waals surface area contributed by atoms with Gasteiger partial charge in [-0.25, -0.2) is 0 Å². The van der Waals surface area contributed by atoms with Crippen LogP contribution in [-0.4, -0.2) is 32.1 Å². The van der Waals surface area contributed by atoms with Gasteiger partial charge in [-0.3, -0.25) is 4.79 Å². The van der Waals surface area contributed by atoms with Gasteiger partial charge >= 0.3 is 5.97 Å². The summed E-state index contributed by atoms with van der Waals surface area (Å²) in [7, 11) is 1.56. The van der Waals surface area contributed by atoms with E-state index in [1.54, 1.807) is 20.1 Å². The molecule has 4 nitrogen and oxygen atoms in total. The van der Waals surface area contributed by atoms with E-state index >= 15 is 0 Å². The fourth-order valence-corrected chi connectivity index (χ4v) is 0.844. The first-order valence-electron chi connectivity index (χ1n) is 6.00. The Hall–Kier alpha value is -1.16. The van der Waals surface area contributed by atoms with Crippen LogP contribution in [0.25, 0.3) is 0 Å². The Balaban J connectivity index is -0.000000207. The van der Waals surface area contributed by atoms with Crippen molar-refractivity contribution in [2.24, 2.45) is 5.92 Å². The van der Waals surface area contributed by atoms with Crippen LogP contribution in [0.1, 0.15) is 41.0 Å². The maximum Gasteiger partial charge on any atom is 0.302 e. The number of ether oxygens (including phenoxy) is 2. The molecule has 4 heteroatoms. The van der Waals surface area contributed by atoms with Gasteiger partial charge in [0.05, 0.1) is 6.61 Å². The summed E-state index contributed by atoms with van der Waals surface area (Å²) in [6.45, 7) is 13.2. The molecular weight excluding hydrogens is 232 g/mol. The third-order valence-corrected chi connectivity index (χ3v) is 1.29. The van der Waals surface area contributed by atoms with Gasteiger partial charge in [0, 0.05) is 20.5 Å². The van der Waals surface area contributed by atoms with E-state index in [1.807, 2.05) is 20.8 Å². The normalized spacial score (nSPS) is 8.39. The summed E-state index contributed by atoms with van der Waals surface area (Å²) >= 11 is 0. The Morgan fingerprint density at radius 2 is 1.67 bits per heavy atom. The molecule has 0 aliphatic heterocycles. The highest BCUT2D eigenvalue weighted by Crippen LogP contribution is 1.97. The molecule has 0 heterocycles. The Labute approximate surface area is 111 Å². The lowest BCUT2D eigenvalue weighted by atomic mass is 10.1. The van der Waals surface area contributed by atoms with Crippen molar-refractivity contribution >= 4 is 11.8 Å². The number of allylic oxidation sites excluding steroid dienone is 1. The van der Waals surface area contributed by atoms with Gasteiger partial charge in [0.25, 0.3) is 0 Å². The fraction of sp³-hybridized carbons (Fsp3) is 0.714. The van der Waals surface area contributed by atoms with E-state index in [4.69, 9.17) is 0 Å². The molecule has 0 fully saturated rings. The summed E-state index contributed by atoms with van der Waals surface area (Å²) in [6.07, 6.45) is 2.47. The van der Waals surface area contributed by atoms with Gasteiger partial charge in [-0.05, 0) is 19.8 Å². The lowest BCUT2D eigenvalue weighted by Gasteiger charge is -1.97. The van der Waals surface area contributed by atoms with E-state index in [9.17, 15) is 9.59 Å². The van der Waals surface area contributed by atoms with E-state index in [1.165, 1.54) is 6.92 Å². The van der Waals surface area contributed by atoms with Crippen LogP contribution in [-0.2, 0) is 19.1 Å². The molecule has 0 N–H and O–H groups in total. The summed E-state index contributed by atoms with van der Waals surface area (Å²) in [5.74, 6) is 0.551. The topological polar surface area (TPSA) is 52.6 Å². The zero-order valence-corrected chi connectivity index (χ0v) is 12.6. The smallest absolute Gasteiger partial charge is 0.302 e. The molecule has 0 spiro atoms. The molecule has 108 valence electrons. The van der Waals surface area contributed by atoms with E-state index in [0.29, 0.717) is 19.1 Å². The summed E-state index contributed by atoms with van der Waals surface area (Å²) in [4.78, 5) is 20.3. The maximum atomic E-state index is 10.3. The van der Waals surface area contributed by atoms with Crippen molar-refractivity contribution < 1.29 is 19.1 Å². The highest BCUT2D eigenvalue weighted by atomic mass is 16.6. The minimum Gasteiger partial charge on any atom is -0.463 e. The minimum absolute atomic E-state index is 0.262. The number of Topliss-reactive ketones (excluding diaryl/α,β-unsaturated/α-hetero) is 1. The zero-order valence-electron chi connectivity index (χ0n) is 12.6. The molecule has 0 atom stereocenters. The second-order valence-electron chi connectivity index (χ2n) is 4.04. The van der Waals surface area contributed by atoms with Crippen molar-refractivity contribution in [2.45, 2.75) is 41.0 Å². The molecule has 0 aliphatic rings. The molecule has 0 aliphatic carbocycles. The van der Waals surface area contributed by atoms with Gasteiger partial charge in [0.1, 0.15) is 12.4 Å². The fourth-order valence-electron chi connectivity index (χ4n) is 0.844. The third-order valence-electron chi connectivity index (χ3n) is 1.29. The molecule has 0 saturated carbocycles. The number of carbonyl (C=O) groups is 2. The second kappa shape index (κ2) is 18.2. The van der Waals surface area contributed by atoms with Gasteiger partial charge in [-0.2, -0.15) is 0 Å². The molecule has 0 bridgehead atoms. The molecule has 0 aromatic rings. The molecule has 0 unspecified atom stereocenters. The van der Waals surface area contributed by atoms with E-state index < -0.39 is 0 Å². The maximum absolute atomic E-state index is 10.3. The number of carbonyl (C=O) groups excluding carboxylic acids is 2. The molecule has 0 aromatic heterocycles. The summed E-state index contributed by atoms with van der Waals surface area (Å²) in [5.41, 5.74) is 0. The predicted octanol–water partition coefficient (Wildman–Crippen LogP) is 3.01. The average molecular weight is 260 g/mol. The van der Waals surface area contributed by atoms with Gasteiger partial charge < -0.3 is 14.3 Å². The van der Waals surface area contributed by atoms with Crippen LogP contribution in [0.3, 0.4) is 0 Å². The minimum atomic E-state index is -0.262. The SMILES string of the molecule is C=CC.CC(=O)CC(C)C.COCCOC(C)=O.